The third-order valence-corrected chi connectivity index (χ3v) is 3.37. The van der Waals surface area contributed by atoms with Crippen molar-refractivity contribution in [3.05, 3.63) is 15.9 Å². The molecule has 0 radical (unpaired) electrons. The van der Waals surface area contributed by atoms with Gasteiger partial charge in [0.1, 0.15) is 5.69 Å². The number of carbonyl (C=O) groups excluding carboxylic acids is 1. The number of nitrogens with zero attached hydrogens (tertiary/aromatic N) is 2. The molecule has 0 aliphatic rings. The second-order valence-corrected chi connectivity index (χ2v) is 5.19. The Morgan fingerprint density at radius 1 is 1.56 bits per heavy atom. The van der Waals surface area contributed by atoms with Crippen molar-refractivity contribution in [2.24, 2.45) is 7.05 Å². The van der Waals surface area contributed by atoms with Crippen LogP contribution in [0.5, 0.6) is 0 Å². The van der Waals surface area contributed by atoms with Gasteiger partial charge in [-0.1, -0.05) is 0 Å². The van der Waals surface area contributed by atoms with Crippen LogP contribution < -0.4 is 5.32 Å². The SMILES string of the molecule is Cc1nn(C)c(C(=O)NCCCOC(C)C)c1Br. The van der Waals surface area contributed by atoms with E-state index in [1.165, 1.54) is 0 Å². The average Bonchev–Trinajstić information content (AvgIpc) is 2.52. The molecule has 0 fully saturated rings. The highest BCUT2D eigenvalue weighted by Crippen LogP contribution is 2.19. The molecule has 0 bridgehead atoms. The van der Waals surface area contributed by atoms with E-state index in [2.05, 4.69) is 26.3 Å². The summed E-state index contributed by atoms with van der Waals surface area (Å²) in [6.07, 6.45) is 1.04. The first-order valence-corrected chi connectivity index (χ1v) is 6.81. The highest BCUT2D eigenvalue weighted by molar-refractivity contribution is 9.10. The van der Waals surface area contributed by atoms with E-state index in [1.807, 2.05) is 20.8 Å². The molecule has 0 atom stereocenters. The largest absolute Gasteiger partial charge is 0.379 e. The van der Waals surface area contributed by atoms with Crippen LogP contribution in [0.1, 0.15) is 36.5 Å². The summed E-state index contributed by atoms with van der Waals surface area (Å²) in [5, 5.41) is 7.04. The third kappa shape index (κ3) is 4.10. The lowest BCUT2D eigenvalue weighted by Gasteiger charge is -2.08. The number of halogens is 1. The molecule has 0 aliphatic heterocycles. The lowest BCUT2D eigenvalue weighted by molar-refractivity contribution is 0.0756. The van der Waals surface area contributed by atoms with Crippen molar-refractivity contribution in [3.63, 3.8) is 0 Å². The normalized spacial score (nSPS) is 11.0. The molecular weight excluding hydrogens is 298 g/mol. The molecule has 0 spiro atoms. The monoisotopic (exact) mass is 317 g/mol. The maximum absolute atomic E-state index is 12.0. The van der Waals surface area contributed by atoms with Gasteiger partial charge >= 0.3 is 0 Å². The van der Waals surface area contributed by atoms with E-state index in [-0.39, 0.29) is 12.0 Å². The molecule has 1 amide bonds. The Bertz CT molecular complexity index is 416. The Kier molecular flexibility index (Phi) is 5.81. The number of rotatable bonds is 6. The average molecular weight is 318 g/mol. The van der Waals surface area contributed by atoms with E-state index >= 15 is 0 Å². The molecule has 0 unspecified atom stereocenters. The molecule has 1 N–H and O–H groups in total. The molecule has 1 heterocycles. The molecule has 18 heavy (non-hydrogen) atoms. The summed E-state index contributed by atoms with van der Waals surface area (Å²) in [4.78, 5) is 12.0. The van der Waals surface area contributed by atoms with Crippen LogP contribution in [-0.4, -0.2) is 34.9 Å². The number of ether oxygens (including phenoxy) is 1. The van der Waals surface area contributed by atoms with Gasteiger partial charge in [-0.3, -0.25) is 9.48 Å². The predicted molar refractivity (Wildman–Crippen MR) is 73.7 cm³/mol. The maximum Gasteiger partial charge on any atom is 0.270 e. The minimum absolute atomic E-state index is 0.116. The fourth-order valence-electron chi connectivity index (χ4n) is 1.56. The van der Waals surface area contributed by atoms with Crippen molar-refractivity contribution in [2.45, 2.75) is 33.3 Å². The highest BCUT2D eigenvalue weighted by atomic mass is 79.9. The van der Waals surface area contributed by atoms with E-state index in [0.717, 1.165) is 16.6 Å². The van der Waals surface area contributed by atoms with Crippen molar-refractivity contribution >= 4 is 21.8 Å². The molecule has 1 rings (SSSR count). The summed E-state index contributed by atoms with van der Waals surface area (Å²) >= 11 is 3.37. The van der Waals surface area contributed by atoms with E-state index in [0.29, 0.717) is 18.8 Å². The van der Waals surface area contributed by atoms with Gasteiger partial charge in [-0.2, -0.15) is 5.10 Å². The van der Waals surface area contributed by atoms with E-state index < -0.39 is 0 Å². The molecule has 0 aromatic carbocycles. The van der Waals surface area contributed by atoms with Crippen LogP contribution in [0, 0.1) is 6.92 Å². The van der Waals surface area contributed by atoms with Crippen molar-refractivity contribution in [1.82, 2.24) is 15.1 Å². The van der Waals surface area contributed by atoms with Crippen molar-refractivity contribution in [3.8, 4) is 0 Å². The number of hydrogen-bond donors (Lipinski definition) is 1. The van der Waals surface area contributed by atoms with Gasteiger partial charge in [0, 0.05) is 20.2 Å². The topological polar surface area (TPSA) is 56.2 Å². The number of amides is 1. The lowest BCUT2D eigenvalue weighted by Crippen LogP contribution is -2.27. The van der Waals surface area contributed by atoms with Crippen LogP contribution in [0.4, 0.5) is 0 Å². The molecule has 0 aliphatic carbocycles. The Hall–Kier alpha value is -0.880. The second-order valence-electron chi connectivity index (χ2n) is 4.40. The molecule has 5 nitrogen and oxygen atoms in total. The molecule has 102 valence electrons. The van der Waals surface area contributed by atoms with Gasteiger partial charge in [-0.15, -0.1) is 0 Å². The van der Waals surface area contributed by atoms with Gasteiger partial charge in [-0.05, 0) is 43.1 Å². The van der Waals surface area contributed by atoms with Crippen LogP contribution in [0.2, 0.25) is 0 Å². The minimum atomic E-state index is -0.116. The van der Waals surface area contributed by atoms with E-state index in [1.54, 1.807) is 11.7 Å². The number of aromatic nitrogens is 2. The van der Waals surface area contributed by atoms with Gasteiger partial charge in [0.05, 0.1) is 16.3 Å². The Labute approximate surface area is 116 Å². The summed E-state index contributed by atoms with van der Waals surface area (Å²) in [6.45, 7) is 7.10. The minimum Gasteiger partial charge on any atom is -0.379 e. The smallest absolute Gasteiger partial charge is 0.270 e. The zero-order valence-electron chi connectivity index (χ0n) is 11.3. The van der Waals surface area contributed by atoms with Crippen LogP contribution in [0.15, 0.2) is 4.47 Å². The maximum atomic E-state index is 12.0. The molecule has 0 saturated carbocycles. The molecule has 1 aromatic heterocycles. The summed E-state index contributed by atoms with van der Waals surface area (Å²) in [5.74, 6) is -0.116. The van der Waals surface area contributed by atoms with Crippen LogP contribution >= 0.6 is 15.9 Å². The third-order valence-electron chi connectivity index (χ3n) is 2.42. The van der Waals surface area contributed by atoms with Crippen LogP contribution in [0.25, 0.3) is 0 Å². The number of carbonyl (C=O) groups is 1. The Morgan fingerprint density at radius 2 is 2.22 bits per heavy atom. The van der Waals surface area contributed by atoms with Crippen molar-refractivity contribution in [1.29, 1.82) is 0 Å². The summed E-state index contributed by atoms with van der Waals surface area (Å²) in [5.41, 5.74) is 1.36. The number of nitrogens with one attached hydrogen (secondary N) is 1. The summed E-state index contributed by atoms with van der Waals surface area (Å²) in [7, 11) is 1.76. The number of hydrogen-bond acceptors (Lipinski definition) is 3. The van der Waals surface area contributed by atoms with Gasteiger partial charge in [0.2, 0.25) is 0 Å². The first-order valence-electron chi connectivity index (χ1n) is 6.02. The Balaban J connectivity index is 2.41. The molecule has 6 heteroatoms. The number of aryl methyl sites for hydroxylation is 2. The fraction of sp³-hybridized carbons (Fsp3) is 0.667. The van der Waals surface area contributed by atoms with Gasteiger partial charge in [0.15, 0.2) is 0 Å². The van der Waals surface area contributed by atoms with Crippen LogP contribution in [0.3, 0.4) is 0 Å². The Morgan fingerprint density at radius 3 is 2.72 bits per heavy atom. The molecule has 1 aromatic rings. The highest BCUT2D eigenvalue weighted by Gasteiger charge is 2.17. The zero-order valence-corrected chi connectivity index (χ0v) is 12.9. The first kappa shape index (κ1) is 15.2. The molecular formula is C12H20BrN3O2. The van der Waals surface area contributed by atoms with Crippen molar-refractivity contribution < 1.29 is 9.53 Å². The quantitative estimate of drug-likeness (QED) is 0.817. The predicted octanol–water partition coefficient (Wildman–Crippen LogP) is 2.04. The lowest BCUT2D eigenvalue weighted by atomic mass is 10.3. The van der Waals surface area contributed by atoms with E-state index in [4.69, 9.17) is 4.74 Å². The fourth-order valence-corrected chi connectivity index (χ4v) is 2.07. The van der Waals surface area contributed by atoms with Gasteiger partial charge < -0.3 is 10.1 Å². The van der Waals surface area contributed by atoms with Gasteiger partial charge in [0.25, 0.3) is 5.91 Å². The summed E-state index contributed by atoms with van der Waals surface area (Å²) < 4.78 is 7.74. The summed E-state index contributed by atoms with van der Waals surface area (Å²) in [6, 6.07) is 0. The van der Waals surface area contributed by atoms with Crippen LogP contribution in [-0.2, 0) is 11.8 Å². The van der Waals surface area contributed by atoms with E-state index in [9.17, 15) is 4.79 Å². The molecule has 0 saturated heterocycles. The standard InChI is InChI=1S/C12H20BrN3O2/c1-8(2)18-7-5-6-14-12(17)11-10(13)9(3)15-16(11)4/h8H,5-7H2,1-4H3,(H,14,17). The second kappa shape index (κ2) is 6.89. The zero-order chi connectivity index (χ0) is 13.7. The van der Waals surface area contributed by atoms with Crippen molar-refractivity contribution in [2.75, 3.05) is 13.2 Å². The first-order chi connectivity index (χ1) is 8.43. The van der Waals surface area contributed by atoms with Gasteiger partial charge in [-0.25, -0.2) is 0 Å².